The summed E-state index contributed by atoms with van der Waals surface area (Å²) in [7, 11) is 1.76. The summed E-state index contributed by atoms with van der Waals surface area (Å²) >= 11 is 0. The Bertz CT molecular complexity index is 417. The van der Waals surface area contributed by atoms with Gasteiger partial charge in [-0.1, -0.05) is 0 Å². The Morgan fingerprint density at radius 2 is 2.17 bits per heavy atom. The lowest BCUT2D eigenvalue weighted by Crippen LogP contribution is -2.23. The zero-order valence-electron chi connectivity index (χ0n) is 10.8. The molecule has 1 fully saturated rings. The monoisotopic (exact) mass is 255 g/mol. The molecule has 1 aromatic carbocycles. The van der Waals surface area contributed by atoms with E-state index >= 15 is 0 Å². The lowest BCUT2D eigenvalue weighted by molar-refractivity contribution is 0.0950. The maximum absolute atomic E-state index is 13.9. The molecule has 2 unspecified atom stereocenters. The van der Waals surface area contributed by atoms with Crippen molar-refractivity contribution in [2.45, 2.75) is 38.3 Å². The van der Waals surface area contributed by atoms with Crippen LogP contribution in [0.15, 0.2) is 12.1 Å². The predicted molar refractivity (Wildman–Crippen MR) is 66.5 cm³/mol. The fraction of sp³-hybridized carbons (Fsp3) is 0.571. The maximum atomic E-state index is 13.9. The molecule has 0 spiro atoms. The Morgan fingerprint density at radius 3 is 2.78 bits per heavy atom. The van der Waals surface area contributed by atoms with Crippen LogP contribution in [0.4, 0.5) is 8.78 Å². The zero-order chi connectivity index (χ0) is 13.1. The molecular weight excluding hydrogens is 236 g/mol. The molecule has 0 aromatic heterocycles. The van der Waals surface area contributed by atoms with Gasteiger partial charge in [0.05, 0.1) is 6.10 Å². The summed E-state index contributed by atoms with van der Waals surface area (Å²) in [6, 6.07) is 2.34. The van der Waals surface area contributed by atoms with Crippen LogP contribution in [-0.2, 0) is 4.74 Å². The van der Waals surface area contributed by atoms with Crippen LogP contribution in [0.2, 0.25) is 0 Å². The van der Waals surface area contributed by atoms with E-state index in [9.17, 15) is 8.78 Å². The van der Waals surface area contributed by atoms with Crippen molar-refractivity contribution in [1.82, 2.24) is 5.32 Å². The molecule has 4 heteroatoms. The van der Waals surface area contributed by atoms with E-state index in [1.165, 1.54) is 12.1 Å². The molecule has 0 radical (unpaired) electrons. The van der Waals surface area contributed by atoms with E-state index in [2.05, 4.69) is 5.32 Å². The summed E-state index contributed by atoms with van der Waals surface area (Å²) < 4.78 is 33.0. The van der Waals surface area contributed by atoms with Gasteiger partial charge >= 0.3 is 0 Å². The number of ether oxygens (including phenoxy) is 1. The molecule has 1 aliphatic heterocycles. The fourth-order valence-corrected chi connectivity index (χ4v) is 2.42. The van der Waals surface area contributed by atoms with E-state index in [0.29, 0.717) is 17.5 Å². The minimum Gasteiger partial charge on any atom is -0.378 e. The van der Waals surface area contributed by atoms with E-state index in [1.54, 1.807) is 14.0 Å². The molecule has 1 N–H and O–H groups in total. The average molecular weight is 255 g/mol. The minimum absolute atomic E-state index is 0.145. The molecule has 0 amide bonds. The molecular formula is C14H19F2NO. The second-order valence-corrected chi connectivity index (χ2v) is 4.83. The van der Waals surface area contributed by atoms with E-state index < -0.39 is 0 Å². The molecule has 1 aliphatic rings. The summed E-state index contributed by atoms with van der Waals surface area (Å²) in [5.41, 5.74) is 0.722. The first kappa shape index (κ1) is 13.4. The molecule has 0 aliphatic carbocycles. The molecule has 1 saturated heterocycles. The average Bonchev–Trinajstić information content (AvgIpc) is 2.84. The maximum Gasteiger partial charge on any atom is 0.128 e. The highest BCUT2D eigenvalue weighted by Gasteiger charge is 2.23. The number of rotatable bonds is 4. The first-order chi connectivity index (χ1) is 8.61. The highest BCUT2D eigenvalue weighted by atomic mass is 19.1. The predicted octanol–water partition coefficient (Wildman–Crippen LogP) is 3.10. The number of nitrogens with one attached hydrogen (secondary N) is 1. The number of hydrogen-bond donors (Lipinski definition) is 1. The van der Waals surface area contributed by atoms with E-state index in [4.69, 9.17) is 4.74 Å². The van der Waals surface area contributed by atoms with Gasteiger partial charge in [0.15, 0.2) is 0 Å². The molecule has 18 heavy (non-hydrogen) atoms. The second kappa shape index (κ2) is 5.76. The second-order valence-electron chi connectivity index (χ2n) is 4.83. The Labute approximate surface area is 106 Å². The standard InChI is InChI=1S/C14H19F2NO/c1-9-6-13(16)11(8-12(9)15)14(17-2)7-10-4-3-5-18-10/h6,8,10,14,17H,3-5,7H2,1-2H3. The van der Waals surface area contributed by atoms with Gasteiger partial charge in [0.2, 0.25) is 0 Å². The van der Waals surface area contributed by atoms with Gasteiger partial charge in [-0.25, -0.2) is 8.78 Å². The molecule has 2 nitrogen and oxygen atoms in total. The third-order valence-corrected chi connectivity index (χ3v) is 3.52. The molecule has 1 aromatic rings. The van der Waals surface area contributed by atoms with Crippen molar-refractivity contribution in [3.05, 3.63) is 34.9 Å². The molecule has 2 rings (SSSR count). The van der Waals surface area contributed by atoms with E-state index in [0.717, 1.165) is 19.4 Å². The molecule has 1 heterocycles. The largest absolute Gasteiger partial charge is 0.378 e. The fourth-order valence-electron chi connectivity index (χ4n) is 2.42. The van der Waals surface area contributed by atoms with Gasteiger partial charge in [0, 0.05) is 18.2 Å². The van der Waals surface area contributed by atoms with Crippen molar-refractivity contribution < 1.29 is 13.5 Å². The highest BCUT2D eigenvalue weighted by Crippen LogP contribution is 2.27. The van der Waals surface area contributed by atoms with Gasteiger partial charge in [-0.3, -0.25) is 0 Å². The molecule has 2 atom stereocenters. The van der Waals surface area contributed by atoms with Crippen molar-refractivity contribution in [2.75, 3.05) is 13.7 Å². The Morgan fingerprint density at radius 1 is 1.39 bits per heavy atom. The summed E-state index contributed by atoms with van der Waals surface area (Å²) in [6.45, 7) is 2.34. The van der Waals surface area contributed by atoms with Crippen LogP contribution in [-0.4, -0.2) is 19.8 Å². The van der Waals surface area contributed by atoms with Crippen molar-refractivity contribution >= 4 is 0 Å². The molecule has 100 valence electrons. The smallest absolute Gasteiger partial charge is 0.128 e. The van der Waals surface area contributed by atoms with E-state index in [1.807, 2.05) is 0 Å². The summed E-state index contributed by atoms with van der Waals surface area (Å²) in [6.07, 6.45) is 2.86. The minimum atomic E-state index is -0.362. The quantitative estimate of drug-likeness (QED) is 0.892. The van der Waals surface area contributed by atoms with Gasteiger partial charge in [0.1, 0.15) is 11.6 Å². The molecule has 0 saturated carbocycles. The normalized spacial score (nSPS) is 21.2. The van der Waals surface area contributed by atoms with Crippen LogP contribution >= 0.6 is 0 Å². The van der Waals surface area contributed by atoms with Gasteiger partial charge in [0.25, 0.3) is 0 Å². The third-order valence-electron chi connectivity index (χ3n) is 3.52. The van der Waals surface area contributed by atoms with Gasteiger partial charge in [-0.2, -0.15) is 0 Å². The summed E-state index contributed by atoms with van der Waals surface area (Å²) in [5.74, 6) is -0.717. The lowest BCUT2D eigenvalue weighted by atomic mass is 9.97. The van der Waals surface area contributed by atoms with Crippen LogP contribution in [0.3, 0.4) is 0 Å². The van der Waals surface area contributed by atoms with Crippen molar-refractivity contribution in [3.8, 4) is 0 Å². The summed E-state index contributed by atoms with van der Waals surface area (Å²) in [4.78, 5) is 0. The number of benzene rings is 1. The van der Waals surface area contributed by atoms with Gasteiger partial charge in [-0.15, -0.1) is 0 Å². The number of hydrogen-bond acceptors (Lipinski definition) is 2. The van der Waals surface area contributed by atoms with Gasteiger partial charge < -0.3 is 10.1 Å². The third kappa shape index (κ3) is 2.87. The highest BCUT2D eigenvalue weighted by molar-refractivity contribution is 5.27. The Kier molecular flexibility index (Phi) is 4.30. The number of halogens is 2. The van der Waals surface area contributed by atoms with Crippen LogP contribution in [0, 0.1) is 18.6 Å². The van der Waals surface area contributed by atoms with Gasteiger partial charge in [-0.05, 0) is 50.9 Å². The Balaban J connectivity index is 2.18. The first-order valence-electron chi connectivity index (χ1n) is 6.36. The summed E-state index contributed by atoms with van der Waals surface area (Å²) in [5, 5.41) is 3.05. The van der Waals surface area contributed by atoms with Crippen LogP contribution < -0.4 is 5.32 Å². The van der Waals surface area contributed by atoms with E-state index in [-0.39, 0.29) is 23.8 Å². The Hall–Kier alpha value is -1.00. The molecule has 0 bridgehead atoms. The van der Waals surface area contributed by atoms with Crippen molar-refractivity contribution in [1.29, 1.82) is 0 Å². The SMILES string of the molecule is CNC(CC1CCCO1)c1cc(F)c(C)cc1F. The van der Waals surface area contributed by atoms with Crippen LogP contribution in [0.25, 0.3) is 0 Å². The van der Waals surface area contributed by atoms with Crippen molar-refractivity contribution in [3.63, 3.8) is 0 Å². The number of aryl methyl sites for hydroxylation is 1. The van der Waals surface area contributed by atoms with Crippen LogP contribution in [0.1, 0.15) is 36.4 Å². The van der Waals surface area contributed by atoms with Crippen molar-refractivity contribution in [2.24, 2.45) is 0 Å². The van der Waals surface area contributed by atoms with Crippen LogP contribution in [0.5, 0.6) is 0 Å². The first-order valence-corrected chi connectivity index (χ1v) is 6.36. The zero-order valence-corrected chi connectivity index (χ0v) is 10.8. The lowest BCUT2D eigenvalue weighted by Gasteiger charge is -2.21. The topological polar surface area (TPSA) is 21.3 Å².